The standard InChI is InChI=1S/C12H20N2O4S/c1-4-18-8-9(2)14-19(15,16)10-5-6-12(17-3)11(13)7-10/h5-7,9,14H,4,8,13H2,1-3H3. The first-order chi connectivity index (χ1) is 8.90. The van der Waals surface area contributed by atoms with E-state index in [9.17, 15) is 8.42 Å². The average molecular weight is 288 g/mol. The van der Waals surface area contributed by atoms with Crippen LogP contribution in [-0.2, 0) is 14.8 Å². The molecule has 1 rings (SSSR count). The molecule has 108 valence electrons. The predicted octanol–water partition coefficient (Wildman–Crippen LogP) is 0.981. The van der Waals surface area contributed by atoms with Gasteiger partial charge in [0.1, 0.15) is 5.75 Å². The summed E-state index contributed by atoms with van der Waals surface area (Å²) in [6.07, 6.45) is 0. The van der Waals surface area contributed by atoms with Gasteiger partial charge >= 0.3 is 0 Å². The summed E-state index contributed by atoms with van der Waals surface area (Å²) in [5.41, 5.74) is 5.98. The van der Waals surface area contributed by atoms with Crippen LogP contribution in [0.5, 0.6) is 5.75 Å². The zero-order valence-corrected chi connectivity index (χ0v) is 12.2. The minimum Gasteiger partial charge on any atom is -0.495 e. The van der Waals surface area contributed by atoms with E-state index in [1.165, 1.54) is 25.3 Å². The Labute approximate surface area is 113 Å². The summed E-state index contributed by atoms with van der Waals surface area (Å²) in [4.78, 5) is 0.106. The molecule has 0 aliphatic heterocycles. The van der Waals surface area contributed by atoms with Gasteiger partial charge in [0.05, 0.1) is 24.3 Å². The van der Waals surface area contributed by atoms with Gasteiger partial charge < -0.3 is 15.2 Å². The second-order valence-corrected chi connectivity index (χ2v) is 5.80. The maximum Gasteiger partial charge on any atom is 0.240 e. The molecule has 0 saturated carbocycles. The number of methoxy groups -OCH3 is 1. The fourth-order valence-corrected chi connectivity index (χ4v) is 2.80. The van der Waals surface area contributed by atoms with Crippen LogP contribution in [-0.4, -0.2) is 34.8 Å². The van der Waals surface area contributed by atoms with Crippen molar-refractivity contribution in [3.05, 3.63) is 18.2 Å². The van der Waals surface area contributed by atoms with Crippen molar-refractivity contribution in [2.45, 2.75) is 24.8 Å². The molecule has 6 nitrogen and oxygen atoms in total. The number of hydrogen-bond acceptors (Lipinski definition) is 5. The lowest BCUT2D eigenvalue weighted by molar-refractivity contribution is 0.133. The zero-order chi connectivity index (χ0) is 14.5. The van der Waals surface area contributed by atoms with Crippen LogP contribution in [0.2, 0.25) is 0 Å². The molecule has 1 aromatic rings. The van der Waals surface area contributed by atoms with Gasteiger partial charge in [-0.05, 0) is 32.0 Å². The van der Waals surface area contributed by atoms with E-state index in [0.717, 1.165) is 0 Å². The summed E-state index contributed by atoms with van der Waals surface area (Å²) in [6.45, 7) is 4.45. The summed E-state index contributed by atoms with van der Waals surface area (Å²) in [5.74, 6) is 0.446. The van der Waals surface area contributed by atoms with Crippen LogP contribution in [0.25, 0.3) is 0 Å². The molecular formula is C12H20N2O4S. The van der Waals surface area contributed by atoms with Gasteiger partial charge in [-0.15, -0.1) is 0 Å². The highest BCUT2D eigenvalue weighted by Crippen LogP contribution is 2.24. The molecular weight excluding hydrogens is 268 g/mol. The van der Waals surface area contributed by atoms with Crippen molar-refractivity contribution < 1.29 is 17.9 Å². The van der Waals surface area contributed by atoms with Crippen molar-refractivity contribution in [1.29, 1.82) is 0 Å². The largest absolute Gasteiger partial charge is 0.495 e. The number of ether oxygens (including phenoxy) is 2. The van der Waals surface area contributed by atoms with Gasteiger partial charge in [-0.2, -0.15) is 0 Å². The Morgan fingerprint density at radius 1 is 1.42 bits per heavy atom. The molecule has 1 aromatic carbocycles. The monoisotopic (exact) mass is 288 g/mol. The second kappa shape index (κ2) is 6.74. The highest BCUT2D eigenvalue weighted by molar-refractivity contribution is 7.89. The molecule has 0 fully saturated rings. The molecule has 1 unspecified atom stereocenters. The third-order valence-electron chi connectivity index (χ3n) is 2.44. The van der Waals surface area contributed by atoms with Crippen LogP contribution in [0.3, 0.4) is 0 Å². The third-order valence-corrected chi connectivity index (χ3v) is 4.03. The van der Waals surface area contributed by atoms with Crippen LogP contribution in [0, 0.1) is 0 Å². The van der Waals surface area contributed by atoms with Crippen molar-refractivity contribution in [2.24, 2.45) is 0 Å². The Morgan fingerprint density at radius 3 is 2.63 bits per heavy atom. The van der Waals surface area contributed by atoms with Gasteiger partial charge in [-0.25, -0.2) is 13.1 Å². The van der Waals surface area contributed by atoms with E-state index >= 15 is 0 Å². The molecule has 0 spiro atoms. The number of nitrogens with two attached hydrogens (primary N) is 1. The fourth-order valence-electron chi connectivity index (χ4n) is 1.54. The molecule has 0 saturated heterocycles. The maximum absolute atomic E-state index is 12.1. The number of sulfonamides is 1. The molecule has 0 aliphatic rings. The van der Waals surface area contributed by atoms with Crippen LogP contribution >= 0.6 is 0 Å². The van der Waals surface area contributed by atoms with Crippen molar-refractivity contribution in [3.63, 3.8) is 0 Å². The van der Waals surface area contributed by atoms with Crippen molar-refractivity contribution in [2.75, 3.05) is 26.1 Å². The van der Waals surface area contributed by atoms with Gasteiger partial charge in [0, 0.05) is 12.6 Å². The summed E-state index contributed by atoms with van der Waals surface area (Å²) < 4.78 is 36.9. The predicted molar refractivity (Wildman–Crippen MR) is 73.7 cm³/mol. The molecule has 0 amide bonds. The Bertz CT molecular complexity index is 516. The molecule has 0 aliphatic carbocycles. The summed E-state index contributed by atoms with van der Waals surface area (Å²) in [6, 6.07) is 4.03. The number of nitrogens with one attached hydrogen (secondary N) is 1. The van der Waals surface area contributed by atoms with Crippen molar-refractivity contribution in [3.8, 4) is 5.75 Å². The molecule has 7 heteroatoms. The lowest BCUT2D eigenvalue weighted by Crippen LogP contribution is -2.35. The second-order valence-electron chi connectivity index (χ2n) is 4.09. The first kappa shape index (κ1) is 15.7. The van der Waals surface area contributed by atoms with E-state index in [4.69, 9.17) is 15.2 Å². The van der Waals surface area contributed by atoms with E-state index in [-0.39, 0.29) is 16.6 Å². The Hall–Kier alpha value is -1.31. The lowest BCUT2D eigenvalue weighted by Gasteiger charge is -2.14. The normalized spacial score (nSPS) is 13.2. The molecule has 0 heterocycles. The van der Waals surface area contributed by atoms with E-state index in [1.807, 2.05) is 6.92 Å². The minimum atomic E-state index is -3.60. The van der Waals surface area contributed by atoms with Crippen molar-refractivity contribution in [1.82, 2.24) is 4.72 Å². The highest BCUT2D eigenvalue weighted by atomic mass is 32.2. The summed E-state index contributed by atoms with van der Waals surface area (Å²) in [7, 11) is -2.13. The molecule has 0 aromatic heterocycles. The Kier molecular flexibility index (Phi) is 5.59. The van der Waals surface area contributed by atoms with E-state index < -0.39 is 10.0 Å². The Balaban J connectivity index is 2.85. The summed E-state index contributed by atoms with van der Waals surface area (Å²) in [5, 5.41) is 0. The minimum absolute atomic E-state index is 0.106. The molecule has 0 radical (unpaired) electrons. The topological polar surface area (TPSA) is 90.6 Å². The zero-order valence-electron chi connectivity index (χ0n) is 11.3. The van der Waals surface area contributed by atoms with E-state index in [2.05, 4.69) is 4.72 Å². The SMILES string of the molecule is CCOCC(C)NS(=O)(=O)c1ccc(OC)c(N)c1. The van der Waals surface area contributed by atoms with Crippen molar-refractivity contribution >= 4 is 15.7 Å². The first-order valence-electron chi connectivity index (χ1n) is 5.94. The quantitative estimate of drug-likeness (QED) is 0.730. The number of hydrogen-bond donors (Lipinski definition) is 2. The summed E-state index contributed by atoms with van der Waals surface area (Å²) >= 11 is 0. The van der Waals surface area contributed by atoms with Gasteiger partial charge in [0.2, 0.25) is 10.0 Å². The molecule has 3 N–H and O–H groups in total. The third kappa shape index (κ3) is 4.38. The number of anilines is 1. The van der Waals surface area contributed by atoms with Crippen LogP contribution < -0.4 is 15.2 Å². The first-order valence-corrected chi connectivity index (χ1v) is 7.42. The molecule has 19 heavy (non-hydrogen) atoms. The van der Waals surface area contributed by atoms with Crippen LogP contribution in [0.15, 0.2) is 23.1 Å². The number of nitrogen functional groups attached to an aromatic ring is 1. The van der Waals surface area contributed by atoms with Crippen LogP contribution in [0.4, 0.5) is 5.69 Å². The average Bonchev–Trinajstić information content (AvgIpc) is 2.35. The van der Waals surface area contributed by atoms with Gasteiger partial charge in [0.15, 0.2) is 0 Å². The van der Waals surface area contributed by atoms with Gasteiger partial charge in [-0.1, -0.05) is 0 Å². The maximum atomic E-state index is 12.1. The van der Waals surface area contributed by atoms with Gasteiger partial charge in [0.25, 0.3) is 0 Å². The van der Waals surface area contributed by atoms with E-state index in [1.54, 1.807) is 6.92 Å². The molecule has 1 atom stereocenters. The number of benzene rings is 1. The Morgan fingerprint density at radius 2 is 2.11 bits per heavy atom. The fraction of sp³-hybridized carbons (Fsp3) is 0.500. The van der Waals surface area contributed by atoms with E-state index in [0.29, 0.717) is 19.0 Å². The molecule has 0 bridgehead atoms. The lowest BCUT2D eigenvalue weighted by atomic mass is 10.3. The van der Waals surface area contributed by atoms with Crippen LogP contribution in [0.1, 0.15) is 13.8 Å². The highest BCUT2D eigenvalue weighted by Gasteiger charge is 2.18. The van der Waals surface area contributed by atoms with Gasteiger partial charge in [-0.3, -0.25) is 0 Å². The smallest absolute Gasteiger partial charge is 0.240 e. The number of rotatable bonds is 7.